The number of hydrogen-bond donors (Lipinski definition) is 2. The summed E-state index contributed by atoms with van der Waals surface area (Å²) in [7, 11) is 0. The quantitative estimate of drug-likeness (QED) is 0.657. The lowest BCUT2D eigenvalue weighted by Crippen LogP contribution is -2.59. The molecular formula is C23H31F3O2. The van der Waals surface area contributed by atoms with Gasteiger partial charge in [0, 0.05) is 12.0 Å². The molecule has 0 saturated heterocycles. The number of benzene rings is 1. The van der Waals surface area contributed by atoms with E-state index in [1.54, 1.807) is 0 Å². The maximum Gasteiger partial charge on any atom is 0.417 e. The molecule has 2 N–H and O–H groups in total. The Morgan fingerprint density at radius 3 is 2.54 bits per heavy atom. The smallest absolute Gasteiger partial charge is 0.396 e. The van der Waals surface area contributed by atoms with E-state index in [0.717, 1.165) is 25.7 Å². The van der Waals surface area contributed by atoms with Crippen LogP contribution in [0.1, 0.15) is 74.8 Å². The van der Waals surface area contributed by atoms with Gasteiger partial charge in [0.05, 0.1) is 0 Å². The second-order valence-corrected chi connectivity index (χ2v) is 9.24. The zero-order chi connectivity index (χ0) is 20.0. The molecule has 4 rings (SSSR count). The van der Waals surface area contributed by atoms with Crippen molar-refractivity contribution in [2.45, 2.75) is 81.9 Å². The molecular weight excluding hydrogens is 365 g/mol. The minimum absolute atomic E-state index is 0.0691. The first-order chi connectivity index (χ1) is 13.3. The minimum Gasteiger partial charge on any atom is -0.396 e. The molecule has 3 aliphatic carbocycles. The van der Waals surface area contributed by atoms with Crippen LogP contribution in [0.4, 0.5) is 13.2 Å². The molecule has 5 heteroatoms. The number of halogens is 3. The molecule has 0 aromatic heterocycles. The first kappa shape index (κ1) is 20.2. The van der Waals surface area contributed by atoms with Crippen LogP contribution in [0.25, 0.3) is 0 Å². The molecule has 0 heterocycles. The van der Waals surface area contributed by atoms with Crippen LogP contribution in [0.15, 0.2) is 24.3 Å². The fourth-order valence-electron chi connectivity index (χ4n) is 7.02. The molecule has 1 aromatic rings. The van der Waals surface area contributed by atoms with Gasteiger partial charge in [-0.3, -0.25) is 0 Å². The van der Waals surface area contributed by atoms with E-state index in [1.165, 1.54) is 11.1 Å². The predicted molar refractivity (Wildman–Crippen MR) is 102 cm³/mol. The fourth-order valence-corrected chi connectivity index (χ4v) is 7.02. The van der Waals surface area contributed by atoms with Crippen molar-refractivity contribution in [2.24, 2.45) is 17.3 Å². The Hall–Kier alpha value is -1.07. The summed E-state index contributed by atoms with van der Waals surface area (Å²) in [5.74, 6) is 0.495. The molecule has 2 saturated carbocycles. The van der Waals surface area contributed by atoms with Gasteiger partial charge in [-0.25, -0.2) is 0 Å². The Balaban J connectivity index is 1.67. The van der Waals surface area contributed by atoms with Gasteiger partial charge in [-0.2, -0.15) is 13.2 Å². The van der Waals surface area contributed by atoms with E-state index in [1.807, 2.05) is 12.1 Å². The van der Waals surface area contributed by atoms with Crippen LogP contribution in [-0.4, -0.2) is 28.6 Å². The van der Waals surface area contributed by atoms with E-state index in [-0.39, 0.29) is 24.9 Å². The normalized spacial score (nSPS) is 37.2. The molecule has 1 aromatic carbocycles. The molecule has 28 heavy (non-hydrogen) atoms. The second-order valence-electron chi connectivity index (χ2n) is 9.24. The van der Waals surface area contributed by atoms with Gasteiger partial charge in [0.25, 0.3) is 0 Å². The van der Waals surface area contributed by atoms with E-state index in [2.05, 4.69) is 12.1 Å². The van der Waals surface area contributed by atoms with E-state index in [4.69, 9.17) is 5.11 Å². The maximum absolute atomic E-state index is 14.1. The SMILES string of the molecule is OCCCCC[C@]12CC[C@@H]3c4ccccc4CC[C@H]3[C@@H]1CCC2(O)C(F)(F)F. The molecule has 0 radical (unpaired) electrons. The summed E-state index contributed by atoms with van der Waals surface area (Å²) in [4.78, 5) is 0. The third kappa shape index (κ3) is 2.92. The molecule has 0 aliphatic heterocycles. The summed E-state index contributed by atoms with van der Waals surface area (Å²) < 4.78 is 42.3. The molecule has 5 atom stereocenters. The van der Waals surface area contributed by atoms with Crippen LogP contribution >= 0.6 is 0 Å². The number of aliphatic hydroxyl groups excluding tert-OH is 1. The topological polar surface area (TPSA) is 40.5 Å². The third-order valence-corrected chi connectivity index (χ3v) is 8.24. The van der Waals surface area contributed by atoms with Crippen molar-refractivity contribution in [3.63, 3.8) is 0 Å². The lowest BCUT2D eigenvalue weighted by molar-refractivity contribution is -0.305. The highest BCUT2D eigenvalue weighted by molar-refractivity contribution is 5.35. The highest BCUT2D eigenvalue weighted by atomic mass is 19.4. The average Bonchev–Trinajstić information content (AvgIpc) is 2.99. The van der Waals surface area contributed by atoms with E-state index in [0.29, 0.717) is 38.0 Å². The van der Waals surface area contributed by atoms with Gasteiger partial charge < -0.3 is 10.2 Å². The van der Waals surface area contributed by atoms with Gasteiger partial charge in [0.1, 0.15) is 0 Å². The van der Waals surface area contributed by atoms with Crippen molar-refractivity contribution in [2.75, 3.05) is 6.61 Å². The largest absolute Gasteiger partial charge is 0.417 e. The van der Waals surface area contributed by atoms with E-state index in [9.17, 15) is 18.3 Å². The average molecular weight is 396 g/mol. The lowest BCUT2D eigenvalue weighted by atomic mass is 9.51. The van der Waals surface area contributed by atoms with E-state index >= 15 is 0 Å². The van der Waals surface area contributed by atoms with Gasteiger partial charge in [0.2, 0.25) is 0 Å². The van der Waals surface area contributed by atoms with Crippen LogP contribution in [0.5, 0.6) is 0 Å². The fraction of sp³-hybridized carbons (Fsp3) is 0.739. The van der Waals surface area contributed by atoms with Crippen LogP contribution in [0.3, 0.4) is 0 Å². The number of aryl methyl sites for hydroxylation is 1. The summed E-state index contributed by atoms with van der Waals surface area (Å²) >= 11 is 0. The molecule has 156 valence electrons. The number of unbranched alkanes of at least 4 members (excludes halogenated alkanes) is 2. The number of hydrogen-bond acceptors (Lipinski definition) is 2. The van der Waals surface area contributed by atoms with Crippen LogP contribution < -0.4 is 0 Å². The van der Waals surface area contributed by atoms with Crippen molar-refractivity contribution < 1.29 is 23.4 Å². The molecule has 0 amide bonds. The van der Waals surface area contributed by atoms with Crippen molar-refractivity contribution in [3.05, 3.63) is 35.4 Å². The predicted octanol–water partition coefficient (Wildman–Crippen LogP) is 5.37. The van der Waals surface area contributed by atoms with Crippen molar-refractivity contribution >= 4 is 0 Å². The van der Waals surface area contributed by atoms with Gasteiger partial charge in [-0.05, 0) is 80.2 Å². The Morgan fingerprint density at radius 2 is 1.79 bits per heavy atom. The Morgan fingerprint density at radius 1 is 1.00 bits per heavy atom. The standard InChI is InChI=1S/C23H31F3O2/c24-23(25,26)22(28)14-11-20-19-9-8-16-6-2-3-7-17(16)18(19)10-13-21(20,22)12-4-1-5-15-27/h2-3,6-7,18-20,27-28H,1,4-5,8-15H2/t18-,19-,20+,21+,22?/m1/s1. The maximum atomic E-state index is 14.1. The van der Waals surface area contributed by atoms with Crippen molar-refractivity contribution in [1.82, 2.24) is 0 Å². The van der Waals surface area contributed by atoms with Crippen LogP contribution in [-0.2, 0) is 6.42 Å². The zero-order valence-electron chi connectivity index (χ0n) is 16.3. The number of fused-ring (bicyclic) bond motifs is 5. The number of alkyl halides is 3. The first-order valence-electron chi connectivity index (χ1n) is 10.8. The van der Waals surface area contributed by atoms with Crippen molar-refractivity contribution in [3.8, 4) is 0 Å². The molecule has 1 unspecified atom stereocenters. The molecule has 2 fully saturated rings. The monoisotopic (exact) mass is 396 g/mol. The number of rotatable bonds is 5. The first-order valence-corrected chi connectivity index (χ1v) is 10.8. The summed E-state index contributed by atoms with van der Waals surface area (Å²) in [6, 6.07) is 8.40. The van der Waals surface area contributed by atoms with Gasteiger partial charge >= 0.3 is 6.18 Å². The van der Waals surface area contributed by atoms with Gasteiger partial charge in [0.15, 0.2) is 5.60 Å². The van der Waals surface area contributed by atoms with Gasteiger partial charge in [-0.15, -0.1) is 0 Å². The van der Waals surface area contributed by atoms with Gasteiger partial charge in [-0.1, -0.05) is 37.1 Å². The highest BCUT2D eigenvalue weighted by Crippen LogP contribution is 2.69. The second kappa shape index (κ2) is 7.32. The lowest BCUT2D eigenvalue weighted by Gasteiger charge is -2.55. The number of aliphatic hydroxyl groups is 2. The van der Waals surface area contributed by atoms with Crippen LogP contribution in [0, 0.1) is 17.3 Å². The Labute approximate surface area is 165 Å². The third-order valence-electron chi connectivity index (χ3n) is 8.24. The highest BCUT2D eigenvalue weighted by Gasteiger charge is 2.72. The summed E-state index contributed by atoms with van der Waals surface area (Å²) in [5.41, 5.74) is -0.946. The molecule has 2 nitrogen and oxygen atoms in total. The molecule has 0 spiro atoms. The summed E-state index contributed by atoms with van der Waals surface area (Å²) in [6.45, 7) is 0.0709. The Kier molecular flexibility index (Phi) is 5.28. The minimum atomic E-state index is -4.59. The Bertz CT molecular complexity index is 703. The molecule has 0 bridgehead atoms. The summed E-state index contributed by atoms with van der Waals surface area (Å²) in [6.07, 6.45) is 1.16. The van der Waals surface area contributed by atoms with E-state index < -0.39 is 17.2 Å². The van der Waals surface area contributed by atoms with Crippen LogP contribution in [0.2, 0.25) is 0 Å². The molecule has 3 aliphatic rings. The zero-order valence-corrected chi connectivity index (χ0v) is 16.3. The van der Waals surface area contributed by atoms with Crippen molar-refractivity contribution in [1.29, 1.82) is 0 Å². The summed E-state index contributed by atoms with van der Waals surface area (Å²) in [5, 5.41) is 20.1.